The lowest BCUT2D eigenvalue weighted by Crippen LogP contribution is -2.50. The Hall–Kier alpha value is -1.66. The minimum Gasteiger partial charge on any atom is -0.335 e. The molecule has 0 saturated carbocycles. The maximum Gasteiger partial charge on any atom is 0.254 e. The highest BCUT2D eigenvalue weighted by Crippen LogP contribution is 2.21. The van der Waals surface area contributed by atoms with Crippen LogP contribution in [0.1, 0.15) is 31.8 Å². The Morgan fingerprint density at radius 1 is 0.731 bits per heavy atom. The highest BCUT2D eigenvalue weighted by atomic mass is 79.9. The van der Waals surface area contributed by atoms with Crippen molar-refractivity contribution >= 4 is 43.7 Å². The van der Waals surface area contributed by atoms with Gasteiger partial charge in [0.25, 0.3) is 11.8 Å². The fourth-order valence-electron chi connectivity index (χ4n) is 2.93. The van der Waals surface area contributed by atoms with Gasteiger partial charge in [0.1, 0.15) is 0 Å². The Labute approximate surface area is 170 Å². The first-order chi connectivity index (χ1) is 12.4. The molecule has 1 heterocycles. The van der Waals surface area contributed by atoms with Gasteiger partial charge in [-0.25, -0.2) is 0 Å². The third kappa shape index (κ3) is 4.01. The van der Waals surface area contributed by atoms with Crippen LogP contribution in [0.5, 0.6) is 0 Å². The summed E-state index contributed by atoms with van der Waals surface area (Å²) < 4.78 is 1.87. The summed E-state index contributed by atoms with van der Waals surface area (Å²) in [5, 5.41) is 0. The molecule has 0 spiro atoms. The molecule has 0 N–H and O–H groups in total. The molecule has 3 rings (SSSR count). The van der Waals surface area contributed by atoms with Gasteiger partial charge in [0.15, 0.2) is 0 Å². The maximum absolute atomic E-state index is 12.7. The summed E-state index contributed by atoms with van der Waals surface area (Å²) in [5.41, 5.74) is 3.54. The minimum atomic E-state index is 0.0101. The van der Waals surface area contributed by atoms with Gasteiger partial charge >= 0.3 is 0 Å². The summed E-state index contributed by atoms with van der Waals surface area (Å²) in [5.74, 6) is 0.0201. The second kappa shape index (κ2) is 7.92. The van der Waals surface area contributed by atoms with E-state index in [0.717, 1.165) is 20.1 Å². The average molecular weight is 480 g/mol. The molecule has 26 heavy (non-hydrogen) atoms. The van der Waals surface area contributed by atoms with Gasteiger partial charge in [-0.15, -0.1) is 0 Å². The summed E-state index contributed by atoms with van der Waals surface area (Å²) in [4.78, 5) is 29.0. The fraction of sp³-hybridized carbons (Fsp3) is 0.300. The van der Waals surface area contributed by atoms with Crippen molar-refractivity contribution in [2.24, 2.45) is 0 Å². The smallest absolute Gasteiger partial charge is 0.254 e. The number of halogens is 2. The van der Waals surface area contributed by atoms with Gasteiger partial charge < -0.3 is 9.80 Å². The van der Waals surface area contributed by atoms with Crippen LogP contribution in [0.25, 0.3) is 0 Å². The standard InChI is InChI=1S/C20H20Br2N2O2/c1-13-3-5-15(11-17(13)21)19(25)23-7-9-24(10-8-23)20(26)16-6-4-14(2)18(22)12-16/h3-6,11-12H,7-10H2,1-2H3. The van der Waals surface area contributed by atoms with Crippen LogP contribution in [0.4, 0.5) is 0 Å². The lowest BCUT2D eigenvalue weighted by molar-refractivity contribution is 0.0535. The molecule has 1 aliphatic heterocycles. The zero-order valence-corrected chi connectivity index (χ0v) is 17.9. The molecule has 2 aromatic carbocycles. The fourth-order valence-corrected chi connectivity index (χ4v) is 3.69. The zero-order valence-electron chi connectivity index (χ0n) is 14.8. The van der Waals surface area contributed by atoms with Crippen molar-refractivity contribution in [1.29, 1.82) is 0 Å². The molecular formula is C20H20Br2N2O2. The second-order valence-electron chi connectivity index (χ2n) is 6.51. The van der Waals surface area contributed by atoms with E-state index in [2.05, 4.69) is 31.9 Å². The van der Waals surface area contributed by atoms with E-state index < -0.39 is 0 Å². The van der Waals surface area contributed by atoms with E-state index >= 15 is 0 Å². The largest absolute Gasteiger partial charge is 0.335 e. The molecule has 6 heteroatoms. The maximum atomic E-state index is 12.7. The van der Waals surface area contributed by atoms with Crippen LogP contribution in [0.3, 0.4) is 0 Å². The van der Waals surface area contributed by atoms with Crippen molar-refractivity contribution in [3.05, 3.63) is 67.6 Å². The molecule has 1 saturated heterocycles. The quantitative estimate of drug-likeness (QED) is 0.639. The van der Waals surface area contributed by atoms with Crippen LogP contribution < -0.4 is 0 Å². The van der Waals surface area contributed by atoms with Gasteiger partial charge in [0, 0.05) is 46.3 Å². The van der Waals surface area contributed by atoms with Gasteiger partial charge in [-0.05, 0) is 49.2 Å². The predicted octanol–water partition coefficient (Wildman–Crippen LogP) is 4.43. The summed E-state index contributed by atoms with van der Waals surface area (Å²) in [6.07, 6.45) is 0. The molecule has 136 valence electrons. The highest BCUT2D eigenvalue weighted by molar-refractivity contribution is 9.10. The van der Waals surface area contributed by atoms with Crippen molar-refractivity contribution in [1.82, 2.24) is 9.80 Å². The Morgan fingerprint density at radius 3 is 1.38 bits per heavy atom. The van der Waals surface area contributed by atoms with Crippen molar-refractivity contribution < 1.29 is 9.59 Å². The number of benzene rings is 2. The summed E-state index contributed by atoms with van der Waals surface area (Å²) in [7, 11) is 0. The molecular weight excluding hydrogens is 460 g/mol. The summed E-state index contributed by atoms with van der Waals surface area (Å²) >= 11 is 6.95. The molecule has 1 fully saturated rings. The Morgan fingerprint density at radius 2 is 1.08 bits per heavy atom. The Bertz CT molecular complexity index is 787. The van der Waals surface area contributed by atoms with Crippen LogP contribution in [-0.4, -0.2) is 47.8 Å². The lowest BCUT2D eigenvalue weighted by atomic mass is 10.1. The van der Waals surface area contributed by atoms with Gasteiger partial charge in [-0.2, -0.15) is 0 Å². The number of hydrogen-bond donors (Lipinski definition) is 0. The highest BCUT2D eigenvalue weighted by Gasteiger charge is 2.25. The molecule has 0 aromatic heterocycles. The number of rotatable bonds is 2. The molecule has 4 nitrogen and oxygen atoms in total. The van der Waals surface area contributed by atoms with Crippen LogP contribution in [0.15, 0.2) is 45.3 Å². The first kappa shape index (κ1) is 19.1. The summed E-state index contributed by atoms with van der Waals surface area (Å²) in [6, 6.07) is 11.3. The van der Waals surface area contributed by atoms with Crippen LogP contribution in [-0.2, 0) is 0 Å². The number of nitrogens with zero attached hydrogens (tertiary/aromatic N) is 2. The molecule has 0 aliphatic carbocycles. The van der Waals surface area contributed by atoms with Gasteiger partial charge in [0.05, 0.1) is 0 Å². The average Bonchev–Trinajstić information content (AvgIpc) is 2.65. The van der Waals surface area contributed by atoms with Crippen LogP contribution >= 0.6 is 31.9 Å². The SMILES string of the molecule is Cc1ccc(C(=O)N2CCN(C(=O)c3ccc(C)c(Br)c3)CC2)cc1Br. The third-order valence-electron chi connectivity index (χ3n) is 4.69. The van der Waals surface area contributed by atoms with E-state index in [4.69, 9.17) is 0 Å². The van der Waals surface area contributed by atoms with Crippen molar-refractivity contribution in [3.8, 4) is 0 Å². The van der Waals surface area contributed by atoms with E-state index in [9.17, 15) is 9.59 Å². The van der Waals surface area contributed by atoms with E-state index in [1.54, 1.807) is 0 Å². The molecule has 2 aromatic rings. The lowest BCUT2D eigenvalue weighted by Gasteiger charge is -2.35. The van der Waals surface area contributed by atoms with E-state index in [1.807, 2.05) is 60.0 Å². The number of carbonyl (C=O) groups is 2. The van der Waals surface area contributed by atoms with Crippen molar-refractivity contribution in [2.45, 2.75) is 13.8 Å². The summed E-state index contributed by atoms with van der Waals surface area (Å²) in [6.45, 7) is 6.16. The molecule has 0 unspecified atom stereocenters. The van der Waals surface area contributed by atoms with Gasteiger partial charge in [-0.3, -0.25) is 9.59 Å². The normalized spacial score (nSPS) is 14.5. The van der Waals surface area contributed by atoms with Crippen LogP contribution in [0.2, 0.25) is 0 Å². The number of hydrogen-bond acceptors (Lipinski definition) is 2. The number of amides is 2. The Kier molecular flexibility index (Phi) is 5.82. The monoisotopic (exact) mass is 478 g/mol. The van der Waals surface area contributed by atoms with E-state index in [0.29, 0.717) is 37.3 Å². The van der Waals surface area contributed by atoms with Crippen molar-refractivity contribution in [2.75, 3.05) is 26.2 Å². The number of piperazine rings is 1. The van der Waals surface area contributed by atoms with Crippen LogP contribution in [0, 0.1) is 13.8 Å². The Balaban J connectivity index is 1.64. The van der Waals surface area contributed by atoms with Crippen molar-refractivity contribution in [3.63, 3.8) is 0 Å². The first-order valence-electron chi connectivity index (χ1n) is 8.47. The topological polar surface area (TPSA) is 40.6 Å². The molecule has 0 atom stereocenters. The first-order valence-corrected chi connectivity index (χ1v) is 10.1. The predicted molar refractivity (Wildman–Crippen MR) is 110 cm³/mol. The zero-order chi connectivity index (χ0) is 18.8. The molecule has 0 bridgehead atoms. The number of aryl methyl sites for hydroxylation is 2. The third-order valence-corrected chi connectivity index (χ3v) is 6.40. The second-order valence-corrected chi connectivity index (χ2v) is 8.22. The van der Waals surface area contributed by atoms with E-state index in [-0.39, 0.29) is 11.8 Å². The molecule has 0 radical (unpaired) electrons. The van der Waals surface area contributed by atoms with Gasteiger partial charge in [-0.1, -0.05) is 44.0 Å². The molecule has 1 aliphatic rings. The number of carbonyl (C=O) groups excluding carboxylic acids is 2. The minimum absolute atomic E-state index is 0.0101. The van der Waals surface area contributed by atoms with Gasteiger partial charge in [0.2, 0.25) is 0 Å². The molecule has 2 amide bonds. The van der Waals surface area contributed by atoms with E-state index in [1.165, 1.54) is 0 Å².